The van der Waals surface area contributed by atoms with Gasteiger partial charge in [0.1, 0.15) is 0 Å². The van der Waals surface area contributed by atoms with Crippen LogP contribution in [-0.4, -0.2) is 12.1 Å². The third-order valence-corrected chi connectivity index (χ3v) is 0.515. The summed E-state index contributed by atoms with van der Waals surface area (Å²) in [5, 5.41) is 0. The van der Waals surface area contributed by atoms with Gasteiger partial charge in [-0.2, -0.15) is 26.7 Å². The van der Waals surface area contributed by atoms with Crippen molar-refractivity contribution in [2.75, 3.05) is 0 Å². The van der Waals surface area contributed by atoms with Crippen molar-refractivity contribution in [3.8, 4) is 0 Å². The summed E-state index contributed by atoms with van der Waals surface area (Å²) in [5.74, 6) is -2.15. The highest BCUT2D eigenvalue weighted by molar-refractivity contribution is 7.59. The summed E-state index contributed by atoms with van der Waals surface area (Å²) in [6, 6.07) is 0. The highest BCUT2D eigenvalue weighted by Gasteiger charge is 2.38. The number of nitrogens with one attached hydrogen (secondary N) is 1. The Bertz CT molecular complexity index is 104. The number of hydrogen-bond acceptors (Lipinski definition) is 1. The first-order valence-corrected chi connectivity index (χ1v) is 1.84. The molecule has 0 aliphatic heterocycles. The van der Waals surface area contributed by atoms with Gasteiger partial charge < -0.3 is 0 Å². The molecule has 0 saturated heterocycles. The van der Waals surface area contributed by atoms with Crippen LogP contribution in [0.5, 0.6) is 0 Å². The molecule has 0 spiro atoms. The Hall–Kier alpha value is -0.100. The van der Waals surface area contributed by atoms with Crippen molar-refractivity contribution in [1.82, 2.24) is 4.84 Å². The SMILES string of the molecule is O=C(NCl)C(F)(F)F.S. The van der Waals surface area contributed by atoms with Crippen LogP contribution < -0.4 is 4.84 Å². The van der Waals surface area contributed by atoms with Gasteiger partial charge in [0.25, 0.3) is 0 Å². The van der Waals surface area contributed by atoms with Gasteiger partial charge in [-0.25, -0.2) is 0 Å². The number of alkyl halides is 3. The second-order valence-corrected chi connectivity index (χ2v) is 1.11. The molecule has 0 aromatic rings. The third-order valence-electron chi connectivity index (χ3n) is 0.343. The highest BCUT2D eigenvalue weighted by Crippen LogP contribution is 2.13. The van der Waals surface area contributed by atoms with E-state index in [0.29, 0.717) is 0 Å². The third kappa shape index (κ3) is 4.41. The summed E-state index contributed by atoms with van der Waals surface area (Å²) >= 11 is 4.32. The molecule has 0 aliphatic carbocycles. The van der Waals surface area contributed by atoms with E-state index in [9.17, 15) is 18.0 Å². The van der Waals surface area contributed by atoms with Crippen molar-refractivity contribution in [3.05, 3.63) is 0 Å². The van der Waals surface area contributed by atoms with E-state index in [-0.39, 0.29) is 13.5 Å². The van der Waals surface area contributed by atoms with Crippen molar-refractivity contribution < 1.29 is 18.0 Å². The molecule has 56 valence electrons. The van der Waals surface area contributed by atoms with E-state index in [4.69, 9.17) is 0 Å². The topological polar surface area (TPSA) is 29.1 Å². The minimum atomic E-state index is -4.87. The normalized spacial score (nSPS) is 9.78. The zero-order valence-electron chi connectivity index (χ0n) is 3.92. The highest BCUT2D eigenvalue weighted by atomic mass is 35.5. The van der Waals surface area contributed by atoms with Crippen LogP contribution in [-0.2, 0) is 4.79 Å². The Morgan fingerprint density at radius 1 is 1.44 bits per heavy atom. The molecule has 0 atom stereocenters. The predicted molar refractivity (Wildman–Crippen MR) is 30.4 cm³/mol. The monoisotopic (exact) mass is 181 g/mol. The number of carbonyl (C=O) groups is 1. The standard InChI is InChI=1S/C2HClF3NO.H2S/c3-7-1(8)2(4,5)6;/h(H,7,8);1H2. The number of halogens is 4. The summed E-state index contributed by atoms with van der Waals surface area (Å²) < 4.78 is 32.9. The summed E-state index contributed by atoms with van der Waals surface area (Å²) in [6.07, 6.45) is -4.87. The average Bonchev–Trinajstić information content (AvgIpc) is 1.62. The van der Waals surface area contributed by atoms with Crippen LogP contribution in [0.25, 0.3) is 0 Å². The summed E-state index contributed by atoms with van der Waals surface area (Å²) in [5.41, 5.74) is 0. The smallest absolute Gasteiger partial charge is 0.263 e. The van der Waals surface area contributed by atoms with E-state index in [1.807, 2.05) is 0 Å². The van der Waals surface area contributed by atoms with Crippen LogP contribution in [0.4, 0.5) is 13.2 Å². The van der Waals surface area contributed by atoms with Crippen molar-refractivity contribution in [3.63, 3.8) is 0 Å². The second kappa shape index (κ2) is 3.84. The molecule has 0 unspecified atom stereocenters. The minimum absolute atomic E-state index is 0. The van der Waals surface area contributed by atoms with E-state index in [1.165, 1.54) is 0 Å². The van der Waals surface area contributed by atoms with Gasteiger partial charge in [0.15, 0.2) is 0 Å². The Kier molecular flexibility index (Phi) is 4.97. The molecule has 0 radical (unpaired) electrons. The van der Waals surface area contributed by atoms with Gasteiger partial charge in [0, 0.05) is 11.8 Å². The predicted octanol–water partition coefficient (Wildman–Crippen LogP) is 0.931. The molecule has 0 bridgehead atoms. The number of amides is 1. The summed E-state index contributed by atoms with van der Waals surface area (Å²) in [4.78, 5) is 10.4. The fourth-order valence-electron chi connectivity index (χ4n) is 0.0536. The fourth-order valence-corrected chi connectivity index (χ4v) is 0.161. The maximum absolute atomic E-state index is 11.0. The molecular weight excluding hydrogens is 179 g/mol. The van der Waals surface area contributed by atoms with Gasteiger partial charge in [0.05, 0.1) is 0 Å². The molecule has 0 saturated carbocycles. The van der Waals surface area contributed by atoms with Gasteiger partial charge in [0.2, 0.25) is 0 Å². The first-order valence-electron chi connectivity index (χ1n) is 1.46. The molecule has 0 fully saturated rings. The Labute approximate surface area is 60.9 Å². The molecule has 0 heterocycles. The van der Waals surface area contributed by atoms with Gasteiger partial charge in [-0.1, -0.05) is 0 Å². The molecule has 1 amide bonds. The van der Waals surface area contributed by atoms with Gasteiger partial charge in [-0.3, -0.25) is 9.63 Å². The molecule has 9 heavy (non-hydrogen) atoms. The second-order valence-electron chi connectivity index (χ2n) is 0.921. The Morgan fingerprint density at radius 3 is 1.78 bits per heavy atom. The Morgan fingerprint density at radius 2 is 1.78 bits per heavy atom. The van der Waals surface area contributed by atoms with Gasteiger partial charge in [-0.05, 0) is 0 Å². The van der Waals surface area contributed by atoms with Crippen LogP contribution in [0.15, 0.2) is 0 Å². The largest absolute Gasteiger partial charge is 0.472 e. The number of rotatable bonds is 0. The molecule has 0 aliphatic rings. The van der Waals surface area contributed by atoms with Crippen LogP contribution in [0.3, 0.4) is 0 Å². The maximum Gasteiger partial charge on any atom is 0.472 e. The lowest BCUT2D eigenvalue weighted by atomic mass is 10.6. The fraction of sp³-hybridized carbons (Fsp3) is 0.500. The zero-order valence-corrected chi connectivity index (χ0v) is 5.68. The molecule has 0 rings (SSSR count). The minimum Gasteiger partial charge on any atom is -0.263 e. The van der Waals surface area contributed by atoms with E-state index in [0.717, 1.165) is 4.84 Å². The van der Waals surface area contributed by atoms with E-state index in [1.54, 1.807) is 0 Å². The number of hydrogen-bond donors (Lipinski definition) is 1. The Balaban J connectivity index is 0. The average molecular weight is 182 g/mol. The van der Waals surface area contributed by atoms with Crippen molar-refractivity contribution >= 4 is 31.2 Å². The summed E-state index contributed by atoms with van der Waals surface area (Å²) in [6.45, 7) is 0. The van der Waals surface area contributed by atoms with E-state index < -0.39 is 12.1 Å². The first kappa shape index (κ1) is 11.7. The number of carbonyl (C=O) groups excluding carboxylic acids is 1. The lowest BCUT2D eigenvalue weighted by Gasteiger charge is -1.99. The zero-order chi connectivity index (χ0) is 6.78. The maximum atomic E-state index is 11.0. The summed E-state index contributed by atoms with van der Waals surface area (Å²) in [7, 11) is 0. The quantitative estimate of drug-likeness (QED) is 0.554. The van der Waals surface area contributed by atoms with E-state index in [2.05, 4.69) is 11.8 Å². The molecule has 0 aromatic carbocycles. The van der Waals surface area contributed by atoms with Crippen LogP contribution in [0.2, 0.25) is 0 Å². The van der Waals surface area contributed by atoms with E-state index >= 15 is 0 Å². The van der Waals surface area contributed by atoms with Crippen molar-refractivity contribution in [1.29, 1.82) is 0 Å². The van der Waals surface area contributed by atoms with Crippen molar-refractivity contribution in [2.45, 2.75) is 6.18 Å². The van der Waals surface area contributed by atoms with Gasteiger partial charge in [-0.15, -0.1) is 0 Å². The lowest BCUT2D eigenvalue weighted by Crippen LogP contribution is -2.30. The van der Waals surface area contributed by atoms with Crippen LogP contribution in [0, 0.1) is 0 Å². The first-order chi connectivity index (χ1) is 3.48. The van der Waals surface area contributed by atoms with Crippen LogP contribution >= 0.6 is 25.3 Å². The molecule has 0 aromatic heterocycles. The molecule has 1 N–H and O–H groups in total. The van der Waals surface area contributed by atoms with Gasteiger partial charge >= 0.3 is 12.1 Å². The lowest BCUT2D eigenvalue weighted by molar-refractivity contribution is -0.171. The molecular formula is C2H3ClF3NOS. The van der Waals surface area contributed by atoms with Crippen molar-refractivity contribution in [2.24, 2.45) is 0 Å². The molecule has 7 heteroatoms. The molecule has 2 nitrogen and oxygen atoms in total. The van der Waals surface area contributed by atoms with Crippen LogP contribution in [0.1, 0.15) is 0 Å².